The van der Waals surface area contributed by atoms with Crippen LogP contribution in [0.4, 0.5) is 8.78 Å². The maximum atomic E-state index is 12.3. The summed E-state index contributed by atoms with van der Waals surface area (Å²) < 4.78 is 26.9. The lowest BCUT2D eigenvalue weighted by molar-refractivity contribution is 0.621. The molecule has 0 saturated heterocycles. The summed E-state index contributed by atoms with van der Waals surface area (Å²) in [6.07, 6.45) is 0. The van der Waals surface area contributed by atoms with Crippen molar-refractivity contribution in [2.45, 2.75) is 0 Å². The Morgan fingerprint density at radius 1 is 0.522 bits per heavy atom. The highest BCUT2D eigenvalue weighted by molar-refractivity contribution is 9.11. The van der Waals surface area contributed by atoms with Gasteiger partial charge in [-0.3, -0.25) is 0 Å². The van der Waals surface area contributed by atoms with Gasteiger partial charge in [-0.25, -0.2) is 8.78 Å². The van der Waals surface area contributed by atoms with Gasteiger partial charge in [0, 0.05) is 8.95 Å². The Balaban J connectivity index is 0.000000173. The quantitative estimate of drug-likeness (QED) is 0.294. The summed E-state index contributed by atoms with van der Waals surface area (Å²) in [7, 11) is 0. The number of rotatable bonds is 0. The predicted octanol–water partition coefficient (Wildman–Crippen LogP) is 7.63. The summed E-state index contributed by atoms with van der Waals surface area (Å²) >= 11 is 9.51. The summed E-state index contributed by atoms with van der Waals surface area (Å²) in [6.45, 7) is 0. The molecule has 0 unspecified atom stereocenters. The molecule has 0 heterocycles. The van der Waals surface area contributed by atoms with E-state index >= 15 is 0 Å². The van der Waals surface area contributed by atoms with Crippen LogP contribution in [0.2, 0.25) is 0 Å². The average molecular weight is 507 g/mol. The van der Waals surface area contributed by atoms with Gasteiger partial charge in [-0.1, -0.05) is 62.2 Å². The van der Waals surface area contributed by atoms with E-state index in [9.17, 15) is 8.78 Å². The van der Waals surface area contributed by atoms with Crippen molar-refractivity contribution in [1.82, 2.24) is 0 Å². The zero-order valence-corrected chi connectivity index (χ0v) is 16.7. The Morgan fingerprint density at radius 2 is 1.00 bits per heavy atom. The molecule has 23 heavy (non-hydrogen) atoms. The SMILES string of the molecule is Brc1ccccc1.Fc1ccc(Br)cc1.Fc1ccccc1Br. The van der Waals surface area contributed by atoms with E-state index in [0.717, 1.165) is 8.95 Å². The molecule has 3 aromatic rings. The molecule has 0 radical (unpaired) electrons. The van der Waals surface area contributed by atoms with Crippen LogP contribution < -0.4 is 0 Å². The van der Waals surface area contributed by atoms with E-state index in [1.165, 1.54) is 18.2 Å². The maximum Gasteiger partial charge on any atom is 0.137 e. The van der Waals surface area contributed by atoms with Crippen LogP contribution in [0.5, 0.6) is 0 Å². The number of hydrogen-bond donors (Lipinski definition) is 0. The lowest BCUT2D eigenvalue weighted by Crippen LogP contribution is -1.70. The van der Waals surface area contributed by atoms with E-state index in [0.29, 0.717) is 4.47 Å². The van der Waals surface area contributed by atoms with Gasteiger partial charge in [0.05, 0.1) is 4.47 Å². The van der Waals surface area contributed by atoms with Crippen LogP contribution in [0.3, 0.4) is 0 Å². The van der Waals surface area contributed by atoms with Crippen LogP contribution in [0, 0.1) is 11.6 Å². The number of halogens is 5. The summed E-state index contributed by atoms with van der Waals surface area (Å²) in [6, 6.07) is 22.6. The molecule has 0 bridgehead atoms. The second-order valence-corrected chi connectivity index (χ2v) is 6.83. The molecule has 0 atom stereocenters. The molecule has 3 aromatic carbocycles. The number of benzene rings is 3. The third kappa shape index (κ3) is 9.64. The van der Waals surface area contributed by atoms with Gasteiger partial charge in [0.2, 0.25) is 0 Å². The lowest BCUT2D eigenvalue weighted by atomic mass is 10.4. The van der Waals surface area contributed by atoms with E-state index in [4.69, 9.17) is 0 Å². The molecule has 0 spiro atoms. The molecule has 0 fully saturated rings. The molecule has 0 amide bonds. The maximum absolute atomic E-state index is 12.3. The third-order valence-corrected chi connectivity index (χ3v) is 4.06. The van der Waals surface area contributed by atoms with Crippen molar-refractivity contribution < 1.29 is 8.78 Å². The average Bonchev–Trinajstić information content (AvgIpc) is 2.55. The lowest BCUT2D eigenvalue weighted by Gasteiger charge is -1.87. The molecule has 0 nitrogen and oxygen atoms in total. The second-order valence-electron chi connectivity index (χ2n) is 4.15. The Morgan fingerprint density at radius 3 is 1.35 bits per heavy atom. The molecule has 120 valence electrons. The van der Waals surface area contributed by atoms with Gasteiger partial charge in [0.1, 0.15) is 11.6 Å². The van der Waals surface area contributed by atoms with Gasteiger partial charge in [-0.15, -0.1) is 0 Å². The minimum Gasteiger partial charge on any atom is -0.207 e. The Hall–Kier alpha value is -1.04. The van der Waals surface area contributed by atoms with Gasteiger partial charge in [-0.2, -0.15) is 0 Å². The topological polar surface area (TPSA) is 0 Å². The molecule has 0 aromatic heterocycles. The minimum atomic E-state index is -0.215. The van der Waals surface area contributed by atoms with E-state index in [1.54, 1.807) is 30.3 Å². The fourth-order valence-electron chi connectivity index (χ4n) is 1.28. The molecular weight excluding hydrogens is 494 g/mol. The van der Waals surface area contributed by atoms with Crippen LogP contribution in [-0.4, -0.2) is 0 Å². The summed E-state index contributed by atoms with van der Waals surface area (Å²) in [5.41, 5.74) is 0. The molecule has 0 aliphatic rings. The monoisotopic (exact) mass is 504 g/mol. The van der Waals surface area contributed by atoms with E-state index in [1.807, 2.05) is 30.3 Å². The first-order valence-electron chi connectivity index (χ1n) is 6.50. The van der Waals surface area contributed by atoms with Crippen molar-refractivity contribution in [2.75, 3.05) is 0 Å². The van der Waals surface area contributed by atoms with Crippen molar-refractivity contribution in [3.05, 3.63) is 104 Å². The largest absolute Gasteiger partial charge is 0.207 e. The first kappa shape index (κ1) is 20.0. The third-order valence-electron chi connectivity index (χ3n) is 2.36. The summed E-state index contributed by atoms with van der Waals surface area (Å²) in [5, 5.41) is 0. The first-order valence-corrected chi connectivity index (χ1v) is 8.88. The second kappa shape index (κ2) is 11.5. The van der Waals surface area contributed by atoms with Gasteiger partial charge in [0.25, 0.3) is 0 Å². The zero-order valence-electron chi connectivity index (χ0n) is 11.9. The fraction of sp³-hybridized carbons (Fsp3) is 0. The molecular formula is C18H13Br3F2. The van der Waals surface area contributed by atoms with Gasteiger partial charge in [-0.05, 0) is 64.5 Å². The van der Waals surface area contributed by atoms with E-state index in [2.05, 4.69) is 47.8 Å². The summed E-state index contributed by atoms with van der Waals surface area (Å²) in [5.74, 6) is -0.416. The molecule has 3 rings (SSSR count). The van der Waals surface area contributed by atoms with Gasteiger partial charge in [0.15, 0.2) is 0 Å². The molecule has 0 aliphatic carbocycles. The summed E-state index contributed by atoms with van der Waals surface area (Å²) in [4.78, 5) is 0. The van der Waals surface area contributed by atoms with Crippen molar-refractivity contribution >= 4 is 47.8 Å². The van der Waals surface area contributed by atoms with Crippen molar-refractivity contribution in [3.8, 4) is 0 Å². The Kier molecular flexibility index (Phi) is 9.99. The molecule has 5 heteroatoms. The Bertz CT molecular complexity index is 644. The van der Waals surface area contributed by atoms with Gasteiger partial charge >= 0.3 is 0 Å². The molecule has 0 N–H and O–H groups in total. The van der Waals surface area contributed by atoms with Crippen molar-refractivity contribution in [2.24, 2.45) is 0 Å². The standard InChI is InChI=1S/2C6H4BrF.C6H5Br/c7-5-1-3-6(8)4-2-5;7-5-3-1-2-4-6(5)8;7-6-4-2-1-3-5-6/h2*1-4H;1-5H. The van der Waals surface area contributed by atoms with E-state index in [-0.39, 0.29) is 11.6 Å². The normalized spacial score (nSPS) is 9.09. The highest BCUT2D eigenvalue weighted by Crippen LogP contribution is 2.12. The van der Waals surface area contributed by atoms with Crippen molar-refractivity contribution in [1.29, 1.82) is 0 Å². The zero-order chi connectivity index (χ0) is 17.1. The van der Waals surface area contributed by atoms with Crippen LogP contribution in [0.1, 0.15) is 0 Å². The smallest absolute Gasteiger partial charge is 0.137 e. The van der Waals surface area contributed by atoms with E-state index < -0.39 is 0 Å². The fourth-order valence-corrected chi connectivity index (χ4v) is 2.14. The highest BCUT2D eigenvalue weighted by atomic mass is 79.9. The predicted molar refractivity (Wildman–Crippen MR) is 102 cm³/mol. The van der Waals surface area contributed by atoms with Gasteiger partial charge < -0.3 is 0 Å². The van der Waals surface area contributed by atoms with Crippen LogP contribution in [-0.2, 0) is 0 Å². The minimum absolute atomic E-state index is 0.201. The molecule has 0 aliphatic heterocycles. The highest BCUT2D eigenvalue weighted by Gasteiger charge is 1.90. The van der Waals surface area contributed by atoms with Crippen LogP contribution in [0.15, 0.2) is 92.3 Å². The first-order chi connectivity index (χ1) is 11.0. The number of hydrogen-bond acceptors (Lipinski definition) is 0. The Labute approximate surface area is 159 Å². The van der Waals surface area contributed by atoms with Crippen LogP contribution >= 0.6 is 47.8 Å². The van der Waals surface area contributed by atoms with Crippen LogP contribution in [0.25, 0.3) is 0 Å². The molecule has 0 saturated carbocycles. The van der Waals surface area contributed by atoms with Crippen molar-refractivity contribution in [3.63, 3.8) is 0 Å².